The van der Waals surface area contributed by atoms with Gasteiger partial charge < -0.3 is 15.4 Å². The molecule has 0 saturated carbocycles. The maximum Gasteiger partial charge on any atom is 0.0713 e. The molecule has 11 heavy (non-hydrogen) atoms. The summed E-state index contributed by atoms with van der Waals surface area (Å²) in [5.74, 6) is 0. The van der Waals surface area contributed by atoms with Gasteiger partial charge in [-0.25, -0.2) is 0 Å². The van der Waals surface area contributed by atoms with Crippen LogP contribution in [0.1, 0.15) is 12.8 Å². The lowest BCUT2D eigenvalue weighted by Gasteiger charge is -2.17. The zero-order valence-electron chi connectivity index (χ0n) is 7.42. The molecule has 1 fully saturated rings. The molecule has 3 heteroatoms. The normalized spacial score (nSPS) is 33.0. The average molecular weight is 158 g/mol. The molecule has 1 saturated heterocycles. The quantitative estimate of drug-likeness (QED) is 0.631. The first-order valence-electron chi connectivity index (χ1n) is 4.21. The van der Waals surface area contributed by atoms with Crippen LogP contribution in [0.4, 0.5) is 0 Å². The molecule has 1 aliphatic rings. The molecule has 0 radical (unpaired) electrons. The minimum Gasteiger partial charge on any atom is -0.380 e. The predicted octanol–water partition coefficient (Wildman–Crippen LogP) is 0.0543. The molecule has 0 spiro atoms. The monoisotopic (exact) mass is 158 g/mol. The summed E-state index contributed by atoms with van der Waals surface area (Å²) in [5, 5.41) is 0. The second-order valence-electron chi connectivity index (χ2n) is 3.26. The van der Waals surface area contributed by atoms with Gasteiger partial charge in [0.1, 0.15) is 0 Å². The number of methoxy groups -OCH3 is 1. The van der Waals surface area contributed by atoms with E-state index in [-0.39, 0.29) is 0 Å². The van der Waals surface area contributed by atoms with Gasteiger partial charge in [-0.3, -0.25) is 0 Å². The number of hydrogen-bond donors (Lipinski definition) is 1. The van der Waals surface area contributed by atoms with E-state index in [0.29, 0.717) is 12.1 Å². The van der Waals surface area contributed by atoms with Crippen molar-refractivity contribution in [2.45, 2.75) is 25.0 Å². The minimum atomic E-state index is 0.427. The highest BCUT2D eigenvalue weighted by atomic mass is 16.5. The molecule has 0 aliphatic carbocycles. The summed E-state index contributed by atoms with van der Waals surface area (Å²) in [7, 11) is 3.92. The summed E-state index contributed by atoms with van der Waals surface area (Å²) in [6.07, 6.45) is 2.66. The maximum absolute atomic E-state index is 5.49. The molecule has 0 amide bonds. The van der Waals surface area contributed by atoms with E-state index in [9.17, 15) is 0 Å². The van der Waals surface area contributed by atoms with E-state index in [0.717, 1.165) is 25.9 Å². The fourth-order valence-electron chi connectivity index (χ4n) is 1.73. The van der Waals surface area contributed by atoms with Crippen LogP contribution in [0.3, 0.4) is 0 Å². The number of nitrogens with two attached hydrogens (primary N) is 1. The highest BCUT2D eigenvalue weighted by Crippen LogP contribution is 2.19. The summed E-state index contributed by atoms with van der Waals surface area (Å²) in [5.41, 5.74) is 5.49. The second-order valence-corrected chi connectivity index (χ2v) is 3.26. The number of rotatable bonds is 3. The Bertz CT molecular complexity index is 119. The van der Waals surface area contributed by atoms with Crippen molar-refractivity contribution in [1.29, 1.82) is 0 Å². The van der Waals surface area contributed by atoms with Crippen molar-refractivity contribution in [2.24, 2.45) is 5.73 Å². The summed E-state index contributed by atoms with van der Waals surface area (Å²) >= 11 is 0. The minimum absolute atomic E-state index is 0.427. The van der Waals surface area contributed by atoms with Crippen LogP contribution in [0.15, 0.2) is 0 Å². The largest absolute Gasteiger partial charge is 0.380 e. The molecule has 66 valence electrons. The molecule has 0 aromatic carbocycles. The molecule has 0 aromatic heterocycles. The molecule has 0 aromatic rings. The zero-order valence-corrected chi connectivity index (χ0v) is 7.42. The standard InChI is InChI=1S/C8H18N2O/c1-10-6-8(11-2)5-7(10)3-4-9/h7-8H,3-6,9H2,1-2H3/t7-,8?/m1/s1. The fourth-order valence-corrected chi connectivity index (χ4v) is 1.73. The van der Waals surface area contributed by atoms with Crippen LogP contribution >= 0.6 is 0 Å². The summed E-state index contributed by atoms with van der Waals surface area (Å²) in [6, 6.07) is 0.643. The second kappa shape index (κ2) is 4.04. The topological polar surface area (TPSA) is 38.5 Å². The van der Waals surface area contributed by atoms with Gasteiger partial charge in [-0.15, -0.1) is 0 Å². The average Bonchev–Trinajstić information content (AvgIpc) is 2.33. The fraction of sp³-hybridized carbons (Fsp3) is 1.00. The zero-order chi connectivity index (χ0) is 8.27. The van der Waals surface area contributed by atoms with E-state index in [2.05, 4.69) is 11.9 Å². The number of likely N-dealkylation sites (tertiary alicyclic amines) is 1. The van der Waals surface area contributed by atoms with Crippen molar-refractivity contribution < 1.29 is 4.74 Å². The van der Waals surface area contributed by atoms with Crippen LogP contribution in [0.5, 0.6) is 0 Å². The van der Waals surface area contributed by atoms with Crippen LogP contribution in [-0.2, 0) is 4.74 Å². The van der Waals surface area contributed by atoms with Crippen LogP contribution in [0, 0.1) is 0 Å². The van der Waals surface area contributed by atoms with Crippen LogP contribution in [0.25, 0.3) is 0 Å². The Morgan fingerprint density at radius 1 is 1.64 bits per heavy atom. The third-order valence-corrected chi connectivity index (χ3v) is 2.48. The Balaban J connectivity index is 2.32. The van der Waals surface area contributed by atoms with Gasteiger partial charge in [-0.1, -0.05) is 0 Å². The third-order valence-electron chi connectivity index (χ3n) is 2.48. The maximum atomic E-state index is 5.49. The number of nitrogens with zero attached hydrogens (tertiary/aromatic N) is 1. The molecule has 3 nitrogen and oxygen atoms in total. The predicted molar refractivity (Wildman–Crippen MR) is 45.5 cm³/mol. The van der Waals surface area contributed by atoms with E-state index in [1.807, 2.05) is 0 Å². The first-order valence-corrected chi connectivity index (χ1v) is 4.21. The van der Waals surface area contributed by atoms with Crippen molar-refractivity contribution in [2.75, 3.05) is 27.2 Å². The Kier molecular flexibility index (Phi) is 3.30. The summed E-state index contributed by atoms with van der Waals surface area (Å²) in [4.78, 5) is 2.33. The van der Waals surface area contributed by atoms with Gasteiger partial charge in [-0.2, -0.15) is 0 Å². The van der Waals surface area contributed by atoms with E-state index in [1.165, 1.54) is 0 Å². The van der Waals surface area contributed by atoms with Crippen molar-refractivity contribution in [3.05, 3.63) is 0 Å². The first kappa shape index (κ1) is 8.97. The van der Waals surface area contributed by atoms with Crippen LogP contribution in [0.2, 0.25) is 0 Å². The molecule has 1 rings (SSSR count). The van der Waals surface area contributed by atoms with Crippen molar-refractivity contribution in [3.8, 4) is 0 Å². The number of hydrogen-bond acceptors (Lipinski definition) is 3. The van der Waals surface area contributed by atoms with Gasteiger partial charge in [0, 0.05) is 19.7 Å². The molecule has 1 heterocycles. The lowest BCUT2D eigenvalue weighted by molar-refractivity contribution is 0.111. The van der Waals surface area contributed by atoms with Crippen LogP contribution < -0.4 is 5.73 Å². The lowest BCUT2D eigenvalue weighted by atomic mass is 10.1. The van der Waals surface area contributed by atoms with Gasteiger partial charge in [0.15, 0.2) is 0 Å². The van der Waals surface area contributed by atoms with Gasteiger partial charge in [0.25, 0.3) is 0 Å². The lowest BCUT2D eigenvalue weighted by Crippen LogP contribution is -2.27. The number of likely N-dealkylation sites (N-methyl/N-ethyl adjacent to an activating group) is 1. The van der Waals surface area contributed by atoms with Crippen molar-refractivity contribution in [3.63, 3.8) is 0 Å². The highest BCUT2D eigenvalue weighted by Gasteiger charge is 2.28. The third kappa shape index (κ3) is 2.15. The Morgan fingerprint density at radius 3 is 2.82 bits per heavy atom. The van der Waals surface area contributed by atoms with Crippen LogP contribution in [-0.4, -0.2) is 44.3 Å². The summed E-state index contributed by atoms with van der Waals surface area (Å²) in [6.45, 7) is 1.84. The molecule has 2 atom stereocenters. The Labute approximate surface area is 68.5 Å². The molecular weight excluding hydrogens is 140 g/mol. The van der Waals surface area contributed by atoms with Gasteiger partial charge in [0.05, 0.1) is 6.10 Å². The molecular formula is C8H18N2O. The Hall–Kier alpha value is -0.120. The Morgan fingerprint density at radius 2 is 2.36 bits per heavy atom. The van der Waals surface area contributed by atoms with Gasteiger partial charge >= 0.3 is 0 Å². The van der Waals surface area contributed by atoms with Gasteiger partial charge in [0.2, 0.25) is 0 Å². The smallest absolute Gasteiger partial charge is 0.0713 e. The van der Waals surface area contributed by atoms with E-state index >= 15 is 0 Å². The molecule has 1 aliphatic heterocycles. The van der Waals surface area contributed by atoms with Crippen molar-refractivity contribution >= 4 is 0 Å². The number of ether oxygens (including phenoxy) is 1. The van der Waals surface area contributed by atoms with Crippen molar-refractivity contribution in [1.82, 2.24) is 4.90 Å². The summed E-state index contributed by atoms with van der Waals surface area (Å²) < 4.78 is 5.28. The SMILES string of the molecule is COC1C[C@@H](CCN)N(C)C1. The van der Waals surface area contributed by atoms with E-state index in [4.69, 9.17) is 10.5 Å². The molecule has 2 N–H and O–H groups in total. The molecule has 0 bridgehead atoms. The van der Waals surface area contributed by atoms with E-state index < -0.39 is 0 Å². The van der Waals surface area contributed by atoms with Gasteiger partial charge in [-0.05, 0) is 26.4 Å². The highest BCUT2D eigenvalue weighted by molar-refractivity contribution is 4.83. The molecule has 1 unspecified atom stereocenters. The first-order chi connectivity index (χ1) is 5.27. The van der Waals surface area contributed by atoms with E-state index in [1.54, 1.807) is 7.11 Å².